The number of benzene rings is 3. The summed E-state index contributed by atoms with van der Waals surface area (Å²) in [4.78, 5) is 0. The molecule has 26 heavy (non-hydrogen) atoms. The Morgan fingerprint density at radius 1 is 0.692 bits per heavy atom. The molecule has 0 aromatic heterocycles. The van der Waals surface area contributed by atoms with E-state index in [1.54, 1.807) is 0 Å². The summed E-state index contributed by atoms with van der Waals surface area (Å²) in [6.07, 6.45) is 0. The van der Waals surface area contributed by atoms with Gasteiger partial charge in [0.15, 0.2) is 6.79 Å². The fourth-order valence-corrected chi connectivity index (χ4v) is 4.77. The van der Waals surface area contributed by atoms with E-state index in [-0.39, 0.29) is 0 Å². The Kier molecular flexibility index (Phi) is 4.67. The number of hydrogen-bond donors (Lipinski definition) is 0. The molecule has 4 rings (SSSR count). The van der Waals surface area contributed by atoms with Crippen LogP contribution in [0.3, 0.4) is 0 Å². The summed E-state index contributed by atoms with van der Waals surface area (Å²) < 4.78 is 11.5. The Bertz CT molecular complexity index is 974. The standard InChI is InChI=1S/C23H23O2P/c1-15-8-10-19(17(3)12-15)21-6-5-7-22(26-24-14-25-26)23(21)20-11-9-16(2)13-18(20)4/h5-13H,14H2,1-4H3. The predicted octanol–water partition coefficient (Wildman–Crippen LogP) is 6.20. The molecule has 0 spiro atoms. The highest BCUT2D eigenvalue weighted by molar-refractivity contribution is 7.57. The molecule has 0 saturated carbocycles. The van der Waals surface area contributed by atoms with E-state index in [0.717, 1.165) is 5.30 Å². The van der Waals surface area contributed by atoms with Crippen molar-refractivity contribution < 1.29 is 9.05 Å². The van der Waals surface area contributed by atoms with Gasteiger partial charge in [0, 0.05) is 10.9 Å². The average molecular weight is 362 g/mol. The second-order valence-corrected chi connectivity index (χ2v) is 8.48. The van der Waals surface area contributed by atoms with E-state index in [4.69, 9.17) is 9.05 Å². The third kappa shape index (κ3) is 3.10. The fourth-order valence-electron chi connectivity index (χ4n) is 3.65. The second-order valence-electron chi connectivity index (χ2n) is 6.97. The summed E-state index contributed by atoms with van der Waals surface area (Å²) in [5.41, 5.74) is 10.1. The molecule has 132 valence electrons. The summed E-state index contributed by atoms with van der Waals surface area (Å²) in [5, 5.41) is 1.16. The van der Waals surface area contributed by atoms with Crippen LogP contribution in [0.1, 0.15) is 22.3 Å². The molecule has 1 aliphatic rings. The molecule has 1 heterocycles. The smallest absolute Gasteiger partial charge is 0.210 e. The first-order chi connectivity index (χ1) is 12.5. The summed E-state index contributed by atoms with van der Waals surface area (Å²) in [6.45, 7) is 9.03. The van der Waals surface area contributed by atoms with E-state index in [9.17, 15) is 0 Å². The number of hydrogen-bond acceptors (Lipinski definition) is 2. The van der Waals surface area contributed by atoms with Crippen molar-refractivity contribution in [2.45, 2.75) is 27.7 Å². The van der Waals surface area contributed by atoms with Crippen molar-refractivity contribution in [3.05, 3.63) is 76.9 Å². The monoisotopic (exact) mass is 362 g/mol. The summed E-state index contributed by atoms with van der Waals surface area (Å²) >= 11 is 0. The lowest BCUT2D eigenvalue weighted by Gasteiger charge is -2.29. The summed E-state index contributed by atoms with van der Waals surface area (Å²) in [6, 6.07) is 19.8. The van der Waals surface area contributed by atoms with E-state index in [1.807, 2.05) is 0 Å². The van der Waals surface area contributed by atoms with Crippen LogP contribution in [-0.4, -0.2) is 6.79 Å². The first-order valence-electron chi connectivity index (χ1n) is 8.89. The first-order valence-corrected chi connectivity index (χ1v) is 10.1. The van der Waals surface area contributed by atoms with Gasteiger partial charge in [0.2, 0.25) is 8.38 Å². The van der Waals surface area contributed by atoms with Crippen molar-refractivity contribution >= 4 is 13.7 Å². The highest BCUT2D eigenvalue weighted by atomic mass is 31.2. The van der Waals surface area contributed by atoms with Gasteiger partial charge in [-0.1, -0.05) is 59.7 Å². The molecule has 1 aliphatic heterocycles. The zero-order valence-electron chi connectivity index (χ0n) is 15.7. The van der Waals surface area contributed by atoms with Crippen molar-refractivity contribution in [1.82, 2.24) is 0 Å². The molecule has 2 nitrogen and oxygen atoms in total. The van der Waals surface area contributed by atoms with Crippen LogP contribution >= 0.6 is 8.38 Å². The van der Waals surface area contributed by atoms with E-state index in [1.165, 1.54) is 44.5 Å². The molecule has 0 N–H and O–H groups in total. The van der Waals surface area contributed by atoms with Crippen molar-refractivity contribution in [1.29, 1.82) is 0 Å². The van der Waals surface area contributed by atoms with E-state index in [2.05, 4.69) is 82.3 Å². The Balaban J connectivity index is 2.00. The van der Waals surface area contributed by atoms with E-state index in [0.29, 0.717) is 6.79 Å². The molecule has 3 heteroatoms. The Hall–Kier alpha value is -1.99. The van der Waals surface area contributed by atoms with Crippen molar-refractivity contribution in [3.63, 3.8) is 0 Å². The third-order valence-electron chi connectivity index (χ3n) is 4.90. The minimum absolute atomic E-state index is 0.395. The Morgan fingerprint density at radius 3 is 1.85 bits per heavy atom. The number of rotatable bonds is 3. The highest BCUT2D eigenvalue weighted by Gasteiger charge is 2.28. The molecular weight excluding hydrogens is 339 g/mol. The molecule has 3 aromatic rings. The van der Waals surface area contributed by atoms with Crippen LogP contribution in [0.2, 0.25) is 0 Å². The maximum absolute atomic E-state index is 5.73. The normalized spacial score (nSPS) is 14.3. The first kappa shape index (κ1) is 17.4. The second kappa shape index (κ2) is 6.96. The Labute approximate surface area is 156 Å². The minimum atomic E-state index is -0.980. The van der Waals surface area contributed by atoms with Crippen molar-refractivity contribution in [2.75, 3.05) is 6.79 Å². The van der Waals surface area contributed by atoms with Crippen LogP contribution in [0.4, 0.5) is 0 Å². The maximum Gasteiger partial charge on any atom is 0.210 e. The quantitative estimate of drug-likeness (QED) is 0.517. The molecular formula is C23H23O2P. The zero-order chi connectivity index (χ0) is 18.3. The lowest BCUT2D eigenvalue weighted by molar-refractivity contribution is 0.0446. The molecule has 0 aliphatic carbocycles. The van der Waals surface area contributed by atoms with Crippen molar-refractivity contribution in [2.24, 2.45) is 0 Å². The van der Waals surface area contributed by atoms with Crippen LogP contribution in [0, 0.1) is 27.7 Å². The van der Waals surface area contributed by atoms with Gasteiger partial charge < -0.3 is 9.05 Å². The summed E-state index contributed by atoms with van der Waals surface area (Å²) in [5.74, 6) is 0. The van der Waals surface area contributed by atoms with Crippen LogP contribution < -0.4 is 5.30 Å². The largest absolute Gasteiger partial charge is 0.303 e. The van der Waals surface area contributed by atoms with Crippen LogP contribution in [0.25, 0.3) is 22.3 Å². The third-order valence-corrected chi connectivity index (χ3v) is 6.35. The van der Waals surface area contributed by atoms with Gasteiger partial charge in [-0.05, 0) is 61.6 Å². The molecule has 0 radical (unpaired) electrons. The fraction of sp³-hybridized carbons (Fsp3) is 0.217. The molecule has 0 amide bonds. The van der Waals surface area contributed by atoms with Gasteiger partial charge in [0.1, 0.15) is 0 Å². The average Bonchev–Trinajstić information content (AvgIpc) is 2.54. The van der Waals surface area contributed by atoms with E-state index < -0.39 is 8.38 Å². The molecule has 3 aromatic carbocycles. The minimum Gasteiger partial charge on any atom is -0.303 e. The highest BCUT2D eigenvalue weighted by Crippen LogP contribution is 2.49. The van der Waals surface area contributed by atoms with E-state index >= 15 is 0 Å². The summed E-state index contributed by atoms with van der Waals surface area (Å²) in [7, 11) is -0.980. The van der Waals surface area contributed by atoms with Gasteiger partial charge in [-0.3, -0.25) is 0 Å². The van der Waals surface area contributed by atoms with Gasteiger partial charge in [-0.25, -0.2) is 0 Å². The van der Waals surface area contributed by atoms with Gasteiger partial charge >= 0.3 is 0 Å². The SMILES string of the molecule is Cc1ccc(-c2cccc(P3OCO3)c2-c2ccc(C)cc2C)c(C)c1. The molecule has 1 fully saturated rings. The van der Waals surface area contributed by atoms with Crippen LogP contribution in [-0.2, 0) is 9.05 Å². The topological polar surface area (TPSA) is 18.5 Å². The zero-order valence-corrected chi connectivity index (χ0v) is 16.6. The van der Waals surface area contributed by atoms with Crippen LogP contribution in [0.15, 0.2) is 54.6 Å². The predicted molar refractivity (Wildman–Crippen MR) is 110 cm³/mol. The molecule has 0 bridgehead atoms. The van der Waals surface area contributed by atoms with Crippen molar-refractivity contribution in [3.8, 4) is 22.3 Å². The lowest BCUT2D eigenvalue weighted by atomic mass is 9.89. The molecule has 1 saturated heterocycles. The molecule has 0 unspecified atom stereocenters. The van der Waals surface area contributed by atoms with Gasteiger partial charge in [-0.15, -0.1) is 0 Å². The Morgan fingerprint density at radius 2 is 1.31 bits per heavy atom. The lowest BCUT2D eigenvalue weighted by Crippen LogP contribution is -2.18. The number of aryl methyl sites for hydroxylation is 4. The van der Waals surface area contributed by atoms with Gasteiger partial charge in [0.25, 0.3) is 0 Å². The van der Waals surface area contributed by atoms with Gasteiger partial charge in [-0.2, -0.15) is 0 Å². The maximum atomic E-state index is 5.73. The molecule has 0 atom stereocenters. The van der Waals surface area contributed by atoms with Gasteiger partial charge in [0.05, 0.1) is 0 Å². The van der Waals surface area contributed by atoms with Crippen LogP contribution in [0.5, 0.6) is 0 Å².